The van der Waals surface area contributed by atoms with Crippen molar-refractivity contribution in [2.24, 2.45) is 0 Å². The van der Waals surface area contributed by atoms with Crippen LogP contribution in [0.25, 0.3) is 0 Å². The standard InChI is InChI=1S/C22H14BrClO5/c23-16-9-5-15(6-10-16)21(26)29-17-11-7-14(8-12-17)20(25)13-28-22(27)18-3-1-2-4-19(18)24/h1-12H,13H2. The third kappa shape index (κ3) is 5.53. The van der Waals surface area contributed by atoms with Crippen LogP contribution in [0.3, 0.4) is 0 Å². The van der Waals surface area contributed by atoms with E-state index in [1.54, 1.807) is 42.5 Å². The summed E-state index contributed by atoms with van der Waals surface area (Å²) >= 11 is 9.23. The summed E-state index contributed by atoms with van der Waals surface area (Å²) in [6, 6.07) is 19.2. The monoisotopic (exact) mass is 472 g/mol. The van der Waals surface area contributed by atoms with Gasteiger partial charge in [-0.25, -0.2) is 9.59 Å². The molecule has 0 atom stereocenters. The highest BCUT2D eigenvalue weighted by molar-refractivity contribution is 9.10. The molecule has 0 heterocycles. The maximum Gasteiger partial charge on any atom is 0.343 e. The molecule has 0 spiro atoms. The van der Waals surface area contributed by atoms with Crippen molar-refractivity contribution in [3.8, 4) is 5.75 Å². The molecule has 3 aromatic rings. The van der Waals surface area contributed by atoms with Crippen LogP contribution in [0.4, 0.5) is 0 Å². The lowest BCUT2D eigenvalue weighted by atomic mass is 10.1. The predicted octanol–water partition coefficient (Wildman–Crippen LogP) is 5.36. The Morgan fingerprint density at radius 3 is 2.07 bits per heavy atom. The molecule has 3 rings (SSSR count). The average Bonchev–Trinajstić information content (AvgIpc) is 2.73. The van der Waals surface area contributed by atoms with Crippen LogP contribution in [0.2, 0.25) is 5.02 Å². The van der Waals surface area contributed by atoms with E-state index in [9.17, 15) is 14.4 Å². The van der Waals surface area contributed by atoms with Crippen LogP contribution in [-0.2, 0) is 4.74 Å². The van der Waals surface area contributed by atoms with Gasteiger partial charge in [-0.2, -0.15) is 0 Å². The summed E-state index contributed by atoms with van der Waals surface area (Å²) in [5.41, 5.74) is 0.914. The number of carbonyl (C=O) groups is 3. The van der Waals surface area contributed by atoms with E-state index in [4.69, 9.17) is 21.1 Å². The number of ether oxygens (including phenoxy) is 2. The number of rotatable bonds is 6. The molecule has 146 valence electrons. The van der Waals surface area contributed by atoms with Crippen LogP contribution >= 0.6 is 27.5 Å². The van der Waals surface area contributed by atoms with Crippen molar-refractivity contribution < 1.29 is 23.9 Å². The molecule has 0 aliphatic heterocycles. The number of ketones is 1. The zero-order valence-corrected chi connectivity index (χ0v) is 17.3. The topological polar surface area (TPSA) is 69.7 Å². The molecule has 0 saturated heterocycles. The fourth-order valence-corrected chi connectivity index (χ4v) is 2.86. The SMILES string of the molecule is O=C(COC(=O)c1ccccc1Cl)c1ccc(OC(=O)c2ccc(Br)cc2)cc1. The molecule has 0 bridgehead atoms. The fraction of sp³-hybridized carbons (Fsp3) is 0.0455. The van der Waals surface area contributed by atoms with E-state index >= 15 is 0 Å². The number of hydrogen-bond acceptors (Lipinski definition) is 5. The van der Waals surface area contributed by atoms with E-state index in [0.29, 0.717) is 16.9 Å². The minimum Gasteiger partial charge on any atom is -0.454 e. The first-order chi connectivity index (χ1) is 13.9. The third-order valence-corrected chi connectivity index (χ3v) is 4.75. The second kappa shape index (κ2) is 9.49. The molecule has 29 heavy (non-hydrogen) atoms. The Kier molecular flexibility index (Phi) is 6.80. The van der Waals surface area contributed by atoms with Gasteiger partial charge in [0.25, 0.3) is 0 Å². The Morgan fingerprint density at radius 2 is 1.41 bits per heavy atom. The Hall–Kier alpha value is -2.96. The van der Waals surface area contributed by atoms with Crippen molar-refractivity contribution in [1.82, 2.24) is 0 Å². The molecule has 0 amide bonds. The first kappa shape index (κ1) is 20.8. The van der Waals surface area contributed by atoms with E-state index in [-0.39, 0.29) is 10.6 Å². The first-order valence-electron chi connectivity index (χ1n) is 8.47. The summed E-state index contributed by atoms with van der Waals surface area (Å²) in [6.07, 6.45) is 0. The Bertz CT molecular complexity index is 1050. The molecule has 7 heteroatoms. The summed E-state index contributed by atoms with van der Waals surface area (Å²) in [6.45, 7) is -0.428. The van der Waals surface area contributed by atoms with Crippen molar-refractivity contribution in [3.63, 3.8) is 0 Å². The van der Waals surface area contributed by atoms with Crippen LogP contribution < -0.4 is 4.74 Å². The van der Waals surface area contributed by atoms with Gasteiger partial charge in [0, 0.05) is 10.0 Å². The van der Waals surface area contributed by atoms with Gasteiger partial charge in [0.1, 0.15) is 5.75 Å². The van der Waals surface area contributed by atoms with Gasteiger partial charge in [0.05, 0.1) is 16.1 Å². The Balaban J connectivity index is 1.57. The number of esters is 2. The van der Waals surface area contributed by atoms with Crippen LogP contribution in [0.15, 0.2) is 77.3 Å². The maximum atomic E-state index is 12.2. The summed E-state index contributed by atoms with van der Waals surface area (Å²) in [4.78, 5) is 36.4. The van der Waals surface area contributed by atoms with Gasteiger partial charge in [0.2, 0.25) is 0 Å². The fourth-order valence-electron chi connectivity index (χ4n) is 2.38. The van der Waals surface area contributed by atoms with Crippen molar-refractivity contribution in [2.45, 2.75) is 0 Å². The predicted molar refractivity (Wildman–Crippen MR) is 112 cm³/mol. The van der Waals surface area contributed by atoms with Gasteiger partial charge in [0.15, 0.2) is 12.4 Å². The minimum absolute atomic E-state index is 0.192. The molecule has 0 aliphatic carbocycles. The number of benzene rings is 3. The summed E-state index contributed by atoms with van der Waals surface area (Å²) in [5, 5.41) is 0.252. The van der Waals surface area contributed by atoms with Gasteiger partial charge < -0.3 is 9.47 Å². The third-order valence-electron chi connectivity index (χ3n) is 3.89. The van der Waals surface area contributed by atoms with Crippen LogP contribution in [0.1, 0.15) is 31.1 Å². The van der Waals surface area contributed by atoms with Gasteiger partial charge in [-0.15, -0.1) is 0 Å². The molecular formula is C22H14BrClO5. The lowest BCUT2D eigenvalue weighted by Crippen LogP contribution is -2.14. The van der Waals surface area contributed by atoms with Crippen molar-refractivity contribution in [3.05, 3.63) is 99.0 Å². The van der Waals surface area contributed by atoms with Gasteiger partial charge in [-0.3, -0.25) is 4.79 Å². The highest BCUT2D eigenvalue weighted by Crippen LogP contribution is 2.18. The highest BCUT2D eigenvalue weighted by Gasteiger charge is 2.15. The number of hydrogen-bond donors (Lipinski definition) is 0. The summed E-state index contributed by atoms with van der Waals surface area (Å²) < 4.78 is 11.2. The van der Waals surface area contributed by atoms with E-state index in [2.05, 4.69) is 15.9 Å². The second-order valence-corrected chi connectivity index (χ2v) is 7.22. The lowest BCUT2D eigenvalue weighted by Gasteiger charge is -2.07. The molecule has 0 saturated carbocycles. The summed E-state index contributed by atoms with van der Waals surface area (Å²) in [7, 11) is 0. The molecule has 0 fully saturated rings. The molecule has 0 unspecified atom stereocenters. The molecule has 3 aromatic carbocycles. The molecular weight excluding hydrogens is 460 g/mol. The van der Waals surface area contributed by atoms with Crippen molar-refractivity contribution in [2.75, 3.05) is 6.61 Å². The highest BCUT2D eigenvalue weighted by atomic mass is 79.9. The Morgan fingerprint density at radius 1 is 0.793 bits per heavy atom. The average molecular weight is 474 g/mol. The van der Waals surface area contributed by atoms with Crippen molar-refractivity contribution in [1.29, 1.82) is 0 Å². The smallest absolute Gasteiger partial charge is 0.343 e. The van der Waals surface area contributed by atoms with E-state index in [1.165, 1.54) is 30.3 Å². The Labute approximate surface area is 180 Å². The summed E-state index contributed by atoms with van der Waals surface area (Å²) in [5.74, 6) is -1.28. The zero-order chi connectivity index (χ0) is 20.8. The molecule has 0 radical (unpaired) electrons. The van der Waals surface area contributed by atoms with Crippen LogP contribution in [0.5, 0.6) is 5.75 Å². The van der Waals surface area contributed by atoms with E-state index < -0.39 is 24.3 Å². The quantitative estimate of drug-likeness (QED) is 0.274. The van der Waals surface area contributed by atoms with Crippen LogP contribution in [0, 0.1) is 0 Å². The van der Waals surface area contributed by atoms with E-state index in [1.807, 2.05) is 0 Å². The first-order valence-corrected chi connectivity index (χ1v) is 9.64. The molecule has 5 nitrogen and oxygen atoms in total. The minimum atomic E-state index is -0.677. The van der Waals surface area contributed by atoms with Gasteiger partial charge in [-0.1, -0.05) is 39.7 Å². The van der Waals surface area contributed by atoms with E-state index in [0.717, 1.165) is 4.47 Å². The van der Waals surface area contributed by atoms with Gasteiger partial charge >= 0.3 is 11.9 Å². The number of halogens is 2. The largest absolute Gasteiger partial charge is 0.454 e. The number of carbonyl (C=O) groups excluding carboxylic acids is 3. The van der Waals surface area contributed by atoms with Crippen LogP contribution in [-0.4, -0.2) is 24.3 Å². The number of Topliss-reactive ketones (excluding diaryl/α,β-unsaturated/α-hetero) is 1. The zero-order valence-electron chi connectivity index (χ0n) is 14.9. The molecule has 0 aliphatic rings. The molecule has 0 N–H and O–H groups in total. The van der Waals surface area contributed by atoms with Gasteiger partial charge in [-0.05, 0) is 60.7 Å². The second-order valence-electron chi connectivity index (χ2n) is 5.90. The lowest BCUT2D eigenvalue weighted by molar-refractivity contribution is 0.0474. The molecule has 0 aromatic heterocycles. The maximum absolute atomic E-state index is 12.2. The van der Waals surface area contributed by atoms with Crippen molar-refractivity contribution >= 4 is 45.3 Å². The normalized spacial score (nSPS) is 10.3.